The van der Waals surface area contributed by atoms with E-state index in [0.717, 1.165) is 10.0 Å². The zero-order valence-electron chi connectivity index (χ0n) is 22.2. The quantitative estimate of drug-likeness (QED) is 0.359. The van der Waals surface area contributed by atoms with Crippen molar-refractivity contribution in [3.63, 3.8) is 0 Å². The highest BCUT2D eigenvalue weighted by Crippen LogP contribution is 2.61. The molecule has 1 spiro atoms. The molecule has 38 heavy (non-hydrogen) atoms. The van der Waals surface area contributed by atoms with Gasteiger partial charge in [0, 0.05) is 47.4 Å². The number of hydrogen-bond donors (Lipinski definition) is 3. The van der Waals surface area contributed by atoms with Crippen LogP contribution in [0.3, 0.4) is 0 Å². The van der Waals surface area contributed by atoms with Crippen LogP contribution in [0.5, 0.6) is 0 Å². The van der Waals surface area contributed by atoms with Gasteiger partial charge in [-0.15, -0.1) is 0 Å². The first-order chi connectivity index (χ1) is 18.0. The van der Waals surface area contributed by atoms with Gasteiger partial charge >= 0.3 is 11.9 Å². The number of carbonyl (C=O) groups excluding carboxylic acids is 2. The molecule has 10 heteroatoms. The van der Waals surface area contributed by atoms with Crippen LogP contribution in [0.1, 0.15) is 44.6 Å². The number of aliphatic hydroxyl groups is 2. The van der Waals surface area contributed by atoms with Crippen LogP contribution >= 0.6 is 15.9 Å². The summed E-state index contributed by atoms with van der Waals surface area (Å²) < 4.78 is 24.9. The Morgan fingerprint density at radius 1 is 1.32 bits per heavy atom. The lowest BCUT2D eigenvalue weighted by atomic mass is 9.57. The topological polar surface area (TPSA) is 127 Å². The van der Waals surface area contributed by atoms with Gasteiger partial charge in [-0.05, 0) is 47.8 Å². The first kappa shape index (κ1) is 27.6. The Balaban J connectivity index is 1.56. The zero-order valence-corrected chi connectivity index (χ0v) is 23.8. The van der Waals surface area contributed by atoms with Crippen molar-refractivity contribution in [1.82, 2.24) is 4.98 Å². The molecule has 3 N–H and O–H groups in total. The molecule has 2 aliphatic heterocycles. The van der Waals surface area contributed by atoms with E-state index >= 15 is 0 Å². The number of esters is 2. The van der Waals surface area contributed by atoms with Crippen molar-refractivity contribution >= 4 is 27.9 Å². The molecule has 2 aliphatic carbocycles. The normalized spacial score (nSPS) is 44.4. The van der Waals surface area contributed by atoms with Gasteiger partial charge in [-0.3, -0.25) is 0 Å². The van der Waals surface area contributed by atoms with E-state index in [0.29, 0.717) is 5.69 Å². The van der Waals surface area contributed by atoms with E-state index in [-0.39, 0.29) is 36.0 Å². The summed E-state index contributed by atoms with van der Waals surface area (Å²) in [6.07, 6.45) is 3.45. The molecular weight excluding hydrogens is 558 g/mol. The smallest absolute Gasteiger partial charge is 0.355 e. The van der Waals surface area contributed by atoms with Crippen LogP contribution in [0.25, 0.3) is 0 Å². The Morgan fingerprint density at radius 3 is 2.68 bits per heavy atom. The summed E-state index contributed by atoms with van der Waals surface area (Å²) in [5, 5.41) is 22.1. The van der Waals surface area contributed by atoms with E-state index in [2.05, 4.69) is 20.9 Å². The Hall–Kier alpha value is -1.98. The molecule has 0 radical (unpaired) electrons. The molecule has 3 heterocycles. The van der Waals surface area contributed by atoms with Gasteiger partial charge in [0.25, 0.3) is 0 Å². The summed E-state index contributed by atoms with van der Waals surface area (Å²) in [5.74, 6) is -2.57. The second-order valence-corrected chi connectivity index (χ2v) is 12.1. The number of H-pyrrole nitrogens is 1. The van der Waals surface area contributed by atoms with Gasteiger partial charge in [-0.25, -0.2) is 9.59 Å². The molecule has 4 aliphatic rings. The summed E-state index contributed by atoms with van der Waals surface area (Å²) in [5.41, 5.74) is 0.254. The molecule has 1 saturated heterocycles. The Morgan fingerprint density at radius 2 is 2.05 bits per heavy atom. The fourth-order valence-corrected chi connectivity index (χ4v) is 7.52. The molecule has 0 amide bonds. The van der Waals surface area contributed by atoms with E-state index in [1.807, 2.05) is 39.0 Å². The number of hydrogen-bond acceptors (Lipinski definition) is 8. The summed E-state index contributed by atoms with van der Waals surface area (Å²) in [6, 6.07) is 1.65. The molecule has 4 bridgehead atoms. The van der Waals surface area contributed by atoms with Crippen LogP contribution in [-0.2, 0) is 23.7 Å². The molecule has 0 unspecified atom stereocenters. The number of nitrogens with one attached hydrogen (secondary N) is 1. The minimum absolute atomic E-state index is 0.187. The lowest BCUT2D eigenvalue weighted by Gasteiger charge is -2.48. The largest absolute Gasteiger partial charge is 0.457 e. The summed E-state index contributed by atoms with van der Waals surface area (Å²) in [4.78, 5) is 29.0. The van der Waals surface area contributed by atoms with Gasteiger partial charge < -0.3 is 34.1 Å². The fourth-order valence-electron chi connectivity index (χ4n) is 7.17. The van der Waals surface area contributed by atoms with Crippen molar-refractivity contribution in [1.29, 1.82) is 0 Å². The maximum Gasteiger partial charge on any atom is 0.355 e. The number of methoxy groups -OCH3 is 1. The molecule has 208 valence electrons. The molecule has 12 atom stereocenters. The van der Waals surface area contributed by atoms with Crippen LogP contribution in [0, 0.1) is 29.6 Å². The number of carbonyl (C=O) groups is 2. The van der Waals surface area contributed by atoms with Gasteiger partial charge in [0.05, 0.1) is 12.2 Å². The average molecular weight is 594 g/mol. The van der Waals surface area contributed by atoms with E-state index in [4.69, 9.17) is 18.9 Å². The third kappa shape index (κ3) is 4.29. The number of aromatic amines is 1. The SMILES string of the molecule is CO[C@H]1C[C@H]2C=C[C@H]3[C@H]4O[C@]2(/C(C)=C/[C@@H](C)[C@@H]([C@@H](C)O)OC1=O)[C@@H]3[C@H](O)[C@@H](C)[C@H]4OC(=O)c1cc(Br)c[nH]1. The first-order valence-corrected chi connectivity index (χ1v) is 14.0. The minimum Gasteiger partial charge on any atom is -0.457 e. The molecule has 2 fully saturated rings. The van der Waals surface area contributed by atoms with Gasteiger partial charge in [0.15, 0.2) is 6.10 Å². The molecule has 1 aromatic heterocycles. The summed E-state index contributed by atoms with van der Waals surface area (Å²) >= 11 is 3.34. The molecule has 0 aromatic carbocycles. The summed E-state index contributed by atoms with van der Waals surface area (Å²) in [7, 11) is 1.46. The maximum absolute atomic E-state index is 13.1. The van der Waals surface area contributed by atoms with Gasteiger partial charge in [-0.1, -0.05) is 32.1 Å². The lowest BCUT2D eigenvalue weighted by Crippen LogP contribution is -2.57. The molecule has 5 rings (SSSR count). The lowest BCUT2D eigenvalue weighted by molar-refractivity contribution is -0.172. The van der Waals surface area contributed by atoms with Crippen molar-refractivity contribution in [2.24, 2.45) is 29.6 Å². The van der Waals surface area contributed by atoms with E-state index < -0.39 is 54.2 Å². The second kappa shape index (κ2) is 10.2. The average Bonchev–Trinajstić information content (AvgIpc) is 3.38. The van der Waals surface area contributed by atoms with Gasteiger partial charge in [0.2, 0.25) is 0 Å². The Kier molecular flexibility index (Phi) is 7.41. The van der Waals surface area contributed by atoms with Crippen molar-refractivity contribution in [2.45, 2.75) is 76.3 Å². The zero-order chi connectivity index (χ0) is 27.5. The van der Waals surface area contributed by atoms with Crippen molar-refractivity contribution in [2.75, 3.05) is 7.11 Å². The monoisotopic (exact) mass is 593 g/mol. The van der Waals surface area contributed by atoms with Crippen molar-refractivity contribution in [3.05, 3.63) is 46.2 Å². The number of aliphatic hydroxyl groups excluding tert-OH is 2. The maximum atomic E-state index is 13.1. The highest BCUT2D eigenvalue weighted by Gasteiger charge is 2.69. The van der Waals surface area contributed by atoms with E-state index in [1.54, 1.807) is 19.2 Å². The molecule has 1 aromatic rings. The third-order valence-electron chi connectivity index (χ3n) is 8.99. The highest BCUT2D eigenvalue weighted by atomic mass is 79.9. The number of halogens is 1. The van der Waals surface area contributed by atoms with Crippen molar-refractivity contribution < 1.29 is 38.7 Å². The molecule has 1 saturated carbocycles. The van der Waals surface area contributed by atoms with Crippen LogP contribution in [0.2, 0.25) is 0 Å². The van der Waals surface area contributed by atoms with Crippen LogP contribution < -0.4 is 0 Å². The minimum atomic E-state index is -0.944. The third-order valence-corrected chi connectivity index (χ3v) is 9.44. The van der Waals surface area contributed by atoms with Crippen LogP contribution in [0.15, 0.2) is 40.5 Å². The Bertz CT molecular complexity index is 1150. The van der Waals surface area contributed by atoms with Crippen LogP contribution in [-0.4, -0.2) is 76.5 Å². The number of aromatic nitrogens is 1. The fraction of sp³-hybridized carbons (Fsp3) is 0.643. The summed E-state index contributed by atoms with van der Waals surface area (Å²) in [6.45, 7) is 7.34. The predicted molar refractivity (Wildman–Crippen MR) is 140 cm³/mol. The van der Waals surface area contributed by atoms with E-state index in [1.165, 1.54) is 7.11 Å². The number of rotatable bonds is 4. The van der Waals surface area contributed by atoms with E-state index in [9.17, 15) is 19.8 Å². The number of cyclic esters (lactones) is 1. The predicted octanol–water partition coefficient (Wildman–Crippen LogP) is 3.16. The highest BCUT2D eigenvalue weighted by molar-refractivity contribution is 9.10. The van der Waals surface area contributed by atoms with Gasteiger partial charge in [-0.2, -0.15) is 0 Å². The Labute approximate surface area is 230 Å². The first-order valence-electron chi connectivity index (χ1n) is 13.2. The van der Waals surface area contributed by atoms with Gasteiger partial charge in [0.1, 0.15) is 29.6 Å². The standard InChI is InChI=1S/C28H36BrNO8/c1-12-8-13(2)28-16(9-20(35-5)27(34)36-23(12)15(4)31)6-7-18-21(28)22(32)14(3)24(25(18)38-28)37-26(33)19-10-17(29)11-30-19/h6-8,10-12,14-16,18,20-25,30-32H,9H2,1-5H3/b13-8+/t12-,14-,15-,16-,18-,20+,21+,22-,23+,24-,25-,28+/m1/s1. The number of ether oxygens (including phenoxy) is 4. The molecular formula is C28H36BrNO8. The van der Waals surface area contributed by atoms with Crippen LogP contribution in [0.4, 0.5) is 0 Å². The molecule has 9 nitrogen and oxygen atoms in total. The van der Waals surface area contributed by atoms with Crippen molar-refractivity contribution in [3.8, 4) is 0 Å². The second-order valence-electron chi connectivity index (χ2n) is 11.2.